The van der Waals surface area contributed by atoms with Crippen LogP contribution in [0.5, 0.6) is 0 Å². The fourth-order valence-electron chi connectivity index (χ4n) is 3.04. The van der Waals surface area contributed by atoms with Crippen molar-refractivity contribution in [3.63, 3.8) is 0 Å². The summed E-state index contributed by atoms with van der Waals surface area (Å²) < 4.78 is 14.0. The largest absolute Gasteiger partial charge is 0.359 e. The van der Waals surface area contributed by atoms with Crippen LogP contribution in [-0.4, -0.2) is 43.4 Å². The third-order valence-corrected chi connectivity index (χ3v) is 4.58. The summed E-state index contributed by atoms with van der Waals surface area (Å²) in [6, 6.07) is 6.38. The summed E-state index contributed by atoms with van der Waals surface area (Å²) in [6.07, 6.45) is 2.43. The number of carbonyl (C=O) groups is 1. The molecule has 1 saturated heterocycles. The molecule has 1 amide bonds. The van der Waals surface area contributed by atoms with Gasteiger partial charge in [0.1, 0.15) is 5.82 Å². The molecule has 0 atom stereocenters. The third kappa shape index (κ3) is 5.45. The van der Waals surface area contributed by atoms with Crippen LogP contribution < -0.4 is 10.6 Å². The first-order chi connectivity index (χ1) is 12.6. The molecule has 1 aliphatic heterocycles. The molecule has 1 aliphatic rings. The number of carbonyl (C=O) groups excluding carboxylic acids is 1. The number of piperidine rings is 1. The molecule has 6 nitrogen and oxygen atoms in total. The molecule has 0 spiro atoms. The number of likely N-dealkylation sites (tertiary alicyclic amines) is 1. The van der Waals surface area contributed by atoms with Crippen LogP contribution in [0.4, 0.5) is 4.39 Å². The van der Waals surface area contributed by atoms with Crippen LogP contribution in [0, 0.1) is 23.1 Å². The van der Waals surface area contributed by atoms with Crippen LogP contribution in [0.25, 0.3) is 0 Å². The van der Waals surface area contributed by atoms with Crippen molar-refractivity contribution in [2.24, 2.45) is 10.9 Å². The molecule has 0 aromatic heterocycles. The summed E-state index contributed by atoms with van der Waals surface area (Å²) in [7, 11) is 1.66. The Kier molecular flexibility index (Phi) is 7.39. The smallest absolute Gasteiger partial charge is 0.220 e. The second-order valence-electron chi connectivity index (χ2n) is 6.40. The number of halogens is 1. The van der Waals surface area contributed by atoms with E-state index in [1.54, 1.807) is 19.2 Å². The van der Waals surface area contributed by atoms with E-state index in [9.17, 15) is 9.18 Å². The number of aliphatic imine (C=N–C) groups is 1. The fraction of sp³-hybridized carbons (Fsp3) is 0.526. The van der Waals surface area contributed by atoms with E-state index in [1.165, 1.54) is 6.07 Å². The average Bonchev–Trinajstić information content (AvgIpc) is 2.66. The number of hydrogen-bond acceptors (Lipinski definition) is 3. The summed E-state index contributed by atoms with van der Waals surface area (Å²) >= 11 is 0. The molecule has 140 valence electrons. The molecular formula is C19H26FN5O. The number of nitrogens with zero attached hydrogens (tertiary/aromatic N) is 3. The van der Waals surface area contributed by atoms with Crippen molar-refractivity contribution in [3.8, 4) is 6.07 Å². The van der Waals surface area contributed by atoms with E-state index in [1.807, 2.05) is 13.0 Å². The van der Waals surface area contributed by atoms with E-state index < -0.39 is 5.82 Å². The number of nitriles is 1. The summed E-state index contributed by atoms with van der Waals surface area (Å²) in [6.45, 7) is 4.59. The van der Waals surface area contributed by atoms with Crippen molar-refractivity contribution in [2.45, 2.75) is 32.7 Å². The average molecular weight is 359 g/mol. The van der Waals surface area contributed by atoms with Crippen molar-refractivity contribution < 1.29 is 9.18 Å². The Labute approximate surface area is 154 Å². The Balaban J connectivity index is 1.99. The van der Waals surface area contributed by atoms with Crippen molar-refractivity contribution in [2.75, 3.05) is 26.7 Å². The lowest BCUT2D eigenvalue weighted by Crippen LogP contribution is -2.46. The molecule has 2 N–H and O–H groups in total. The van der Waals surface area contributed by atoms with Gasteiger partial charge in [0, 0.05) is 38.7 Å². The number of rotatable bonds is 5. The van der Waals surface area contributed by atoms with Crippen LogP contribution in [0.15, 0.2) is 23.2 Å². The third-order valence-electron chi connectivity index (χ3n) is 4.58. The van der Waals surface area contributed by atoms with E-state index >= 15 is 0 Å². The quantitative estimate of drug-likeness (QED) is 0.622. The lowest BCUT2D eigenvalue weighted by molar-refractivity contribution is -0.121. The molecule has 1 fully saturated rings. The Morgan fingerprint density at radius 3 is 2.73 bits per heavy atom. The first-order valence-electron chi connectivity index (χ1n) is 8.99. The molecule has 1 heterocycles. The molecule has 1 aromatic carbocycles. The summed E-state index contributed by atoms with van der Waals surface area (Å²) in [5.74, 6) is 0.827. The van der Waals surface area contributed by atoms with Crippen LogP contribution in [0.1, 0.15) is 37.3 Å². The molecule has 0 unspecified atom stereocenters. The minimum absolute atomic E-state index is 0.0836. The minimum atomic E-state index is -0.409. The summed E-state index contributed by atoms with van der Waals surface area (Å²) in [5, 5.41) is 14.7. The SMILES string of the molecule is CCNC(=NCc1ccc(C#N)cc1F)N1CCC(CC(=O)NC)CC1. The first kappa shape index (κ1) is 19.7. The summed E-state index contributed by atoms with van der Waals surface area (Å²) in [4.78, 5) is 18.2. The zero-order chi connectivity index (χ0) is 18.9. The molecule has 1 aromatic rings. The molecule has 7 heteroatoms. The van der Waals surface area contributed by atoms with Gasteiger partial charge in [0.25, 0.3) is 0 Å². The van der Waals surface area contributed by atoms with Gasteiger partial charge in [-0.05, 0) is 37.8 Å². The Hall–Kier alpha value is -2.62. The maximum Gasteiger partial charge on any atom is 0.220 e. The normalized spacial score (nSPS) is 15.5. The van der Waals surface area contributed by atoms with Crippen LogP contribution >= 0.6 is 0 Å². The molecule has 26 heavy (non-hydrogen) atoms. The monoisotopic (exact) mass is 359 g/mol. The van der Waals surface area contributed by atoms with E-state index in [0.717, 1.165) is 38.4 Å². The molecular weight excluding hydrogens is 333 g/mol. The molecule has 0 aliphatic carbocycles. The first-order valence-corrected chi connectivity index (χ1v) is 8.99. The van der Waals surface area contributed by atoms with Gasteiger partial charge in [-0.25, -0.2) is 9.38 Å². The van der Waals surface area contributed by atoms with Gasteiger partial charge >= 0.3 is 0 Å². The maximum atomic E-state index is 14.0. The van der Waals surface area contributed by atoms with Crippen LogP contribution in [-0.2, 0) is 11.3 Å². The summed E-state index contributed by atoms with van der Waals surface area (Å²) in [5.41, 5.74) is 0.772. The molecule has 0 bridgehead atoms. The highest BCUT2D eigenvalue weighted by Crippen LogP contribution is 2.20. The zero-order valence-corrected chi connectivity index (χ0v) is 15.4. The van der Waals surface area contributed by atoms with Crippen LogP contribution in [0.3, 0.4) is 0 Å². The number of amides is 1. The molecule has 0 saturated carbocycles. The fourth-order valence-corrected chi connectivity index (χ4v) is 3.04. The number of benzene rings is 1. The lowest BCUT2D eigenvalue weighted by atomic mass is 9.93. The second-order valence-corrected chi connectivity index (χ2v) is 6.40. The van der Waals surface area contributed by atoms with E-state index in [4.69, 9.17) is 5.26 Å². The van der Waals surface area contributed by atoms with Gasteiger partial charge in [-0.3, -0.25) is 4.79 Å². The maximum absolute atomic E-state index is 14.0. The Morgan fingerprint density at radius 2 is 2.15 bits per heavy atom. The van der Waals surface area contributed by atoms with Crippen molar-refractivity contribution in [3.05, 3.63) is 35.1 Å². The van der Waals surface area contributed by atoms with Gasteiger partial charge in [-0.2, -0.15) is 5.26 Å². The lowest BCUT2D eigenvalue weighted by Gasteiger charge is -2.34. The molecule has 0 radical (unpaired) electrons. The number of guanidine groups is 1. The highest BCUT2D eigenvalue weighted by atomic mass is 19.1. The van der Waals surface area contributed by atoms with E-state index in [-0.39, 0.29) is 12.5 Å². The molecule has 2 rings (SSSR count). The number of nitrogens with one attached hydrogen (secondary N) is 2. The van der Waals surface area contributed by atoms with Crippen LogP contribution in [0.2, 0.25) is 0 Å². The van der Waals surface area contributed by atoms with E-state index in [2.05, 4.69) is 20.5 Å². The predicted octanol–water partition coefficient (Wildman–Crippen LogP) is 2.01. The van der Waals surface area contributed by atoms with Gasteiger partial charge in [-0.15, -0.1) is 0 Å². The van der Waals surface area contributed by atoms with Gasteiger partial charge in [-0.1, -0.05) is 6.07 Å². The highest BCUT2D eigenvalue weighted by molar-refractivity contribution is 5.80. The minimum Gasteiger partial charge on any atom is -0.359 e. The number of hydrogen-bond donors (Lipinski definition) is 2. The zero-order valence-electron chi connectivity index (χ0n) is 15.4. The standard InChI is InChI=1S/C19H26FN5O/c1-3-23-19(24-13-16-5-4-15(12-21)10-17(16)20)25-8-6-14(7-9-25)11-18(26)22-2/h4-5,10,14H,3,6-9,11,13H2,1-2H3,(H,22,26)(H,23,24). The van der Waals surface area contributed by atoms with Gasteiger partial charge < -0.3 is 15.5 Å². The van der Waals surface area contributed by atoms with Gasteiger partial charge in [0.2, 0.25) is 5.91 Å². The topological polar surface area (TPSA) is 80.5 Å². The Morgan fingerprint density at radius 1 is 1.42 bits per heavy atom. The van der Waals surface area contributed by atoms with Gasteiger partial charge in [0.05, 0.1) is 18.2 Å². The highest BCUT2D eigenvalue weighted by Gasteiger charge is 2.23. The van der Waals surface area contributed by atoms with Crippen molar-refractivity contribution in [1.29, 1.82) is 5.26 Å². The van der Waals surface area contributed by atoms with Crippen molar-refractivity contribution >= 4 is 11.9 Å². The predicted molar refractivity (Wildman–Crippen MR) is 98.9 cm³/mol. The Bertz CT molecular complexity index is 690. The van der Waals surface area contributed by atoms with Crippen molar-refractivity contribution in [1.82, 2.24) is 15.5 Å². The van der Waals surface area contributed by atoms with Gasteiger partial charge in [0.15, 0.2) is 5.96 Å². The van der Waals surface area contributed by atoms with E-state index in [0.29, 0.717) is 23.5 Å². The second kappa shape index (κ2) is 9.76.